The number of methoxy groups -OCH3 is 1. The quantitative estimate of drug-likeness (QED) is 0.425. The number of hydrogen-bond acceptors (Lipinski definition) is 6. The number of carbonyl (C=O) groups excluding carboxylic acids is 4. The van der Waals surface area contributed by atoms with E-state index in [2.05, 4.69) is 15.5 Å². The van der Waals surface area contributed by atoms with Crippen LogP contribution in [0.2, 0.25) is 0 Å². The zero-order valence-electron chi connectivity index (χ0n) is 22.2. The van der Waals surface area contributed by atoms with Crippen molar-refractivity contribution in [1.82, 2.24) is 15.8 Å². The molecule has 2 N–H and O–H groups in total. The highest BCUT2D eigenvalue weighted by Crippen LogP contribution is 2.29. The van der Waals surface area contributed by atoms with Gasteiger partial charge in [-0.3, -0.25) is 24.8 Å². The molecule has 1 saturated carbocycles. The lowest BCUT2D eigenvalue weighted by Crippen LogP contribution is -2.54. The van der Waals surface area contributed by atoms with Gasteiger partial charge in [0, 0.05) is 18.9 Å². The minimum Gasteiger partial charge on any atom is -0.469 e. The van der Waals surface area contributed by atoms with E-state index in [-0.39, 0.29) is 30.1 Å². The number of benzene rings is 1. The molecule has 1 aromatic rings. The van der Waals surface area contributed by atoms with Gasteiger partial charge in [0.25, 0.3) is 5.91 Å². The van der Waals surface area contributed by atoms with Crippen LogP contribution in [-0.2, 0) is 23.9 Å². The molecule has 1 aliphatic carbocycles. The molecule has 1 unspecified atom stereocenters. The van der Waals surface area contributed by atoms with Crippen LogP contribution in [0.4, 0.5) is 4.79 Å². The number of nitrogens with one attached hydrogen (secondary N) is 2. The van der Waals surface area contributed by atoms with E-state index in [4.69, 9.17) is 4.74 Å². The van der Waals surface area contributed by atoms with E-state index in [0.29, 0.717) is 31.7 Å². The van der Waals surface area contributed by atoms with Gasteiger partial charge in [0.05, 0.1) is 7.11 Å². The summed E-state index contributed by atoms with van der Waals surface area (Å²) in [6.07, 6.45) is 5.91. The molecular formula is C28H41N3O6. The van der Waals surface area contributed by atoms with Crippen molar-refractivity contribution in [3.63, 3.8) is 0 Å². The van der Waals surface area contributed by atoms with Crippen LogP contribution in [-0.4, -0.2) is 48.6 Å². The van der Waals surface area contributed by atoms with E-state index in [1.54, 1.807) is 0 Å². The summed E-state index contributed by atoms with van der Waals surface area (Å²) in [6, 6.07) is 8.72. The second-order valence-electron chi connectivity index (χ2n) is 10.5. The maximum Gasteiger partial charge on any atom is 0.408 e. The second kappa shape index (κ2) is 14.0. The summed E-state index contributed by atoms with van der Waals surface area (Å²) in [5, 5.41) is 4.11. The number of nitrogens with zero attached hydrogens (tertiary/aromatic N) is 1. The predicted octanol–water partition coefficient (Wildman–Crippen LogP) is 4.28. The van der Waals surface area contributed by atoms with E-state index in [1.807, 2.05) is 44.2 Å². The topological polar surface area (TPSA) is 114 Å². The summed E-state index contributed by atoms with van der Waals surface area (Å²) in [4.78, 5) is 50.6. The maximum atomic E-state index is 13.3. The standard InChI is InChI=1S/C28H41N3O6/c1-19(2)25(21-12-8-5-9-13-21)37-28(35)29-23(18-20-10-6-4-7-11-20)26(33)30-31-17-16-22(27(31)34)14-15-24(32)36-3/h5,8-9,12-13,19-20,22-23,25H,4,6-7,10-11,14-18H2,1-3H3,(H,29,35)(H,30,33)/t22-,23-,25?/m0/s1. The van der Waals surface area contributed by atoms with Crippen LogP contribution in [0.5, 0.6) is 0 Å². The highest BCUT2D eigenvalue weighted by Gasteiger charge is 2.35. The predicted molar refractivity (Wildman–Crippen MR) is 138 cm³/mol. The summed E-state index contributed by atoms with van der Waals surface area (Å²) in [7, 11) is 1.32. The molecule has 0 radical (unpaired) electrons. The SMILES string of the molecule is COC(=O)CC[C@H]1CCN(NC(=O)[C@H](CC2CCCCC2)NC(=O)OC(c2ccccc2)C(C)C)C1=O. The molecule has 2 fully saturated rings. The lowest BCUT2D eigenvalue weighted by molar-refractivity contribution is -0.143. The summed E-state index contributed by atoms with van der Waals surface area (Å²) >= 11 is 0. The van der Waals surface area contributed by atoms with E-state index in [9.17, 15) is 19.2 Å². The Hall–Kier alpha value is -3.10. The Labute approximate surface area is 219 Å². The largest absolute Gasteiger partial charge is 0.469 e. The van der Waals surface area contributed by atoms with Crippen molar-refractivity contribution in [1.29, 1.82) is 0 Å². The van der Waals surface area contributed by atoms with Crippen LogP contribution in [0.3, 0.4) is 0 Å². The highest BCUT2D eigenvalue weighted by atomic mass is 16.6. The number of rotatable bonds is 11. The van der Waals surface area contributed by atoms with Crippen LogP contribution in [0.15, 0.2) is 30.3 Å². The fourth-order valence-electron chi connectivity index (χ4n) is 5.23. The van der Waals surface area contributed by atoms with E-state index < -0.39 is 24.1 Å². The zero-order valence-corrected chi connectivity index (χ0v) is 22.2. The first kappa shape index (κ1) is 28.5. The normalized spacial score (nSPS) is 19.8. The molecule has 37 heavy (non-hydrogen) atoms. The van der Waals surface area contributed by atoms with Gasteiger partial charge in [-0.15, -0.1) is 0 Å². The van der Waals surface area contributed by atoms with Crippen molar-refractivity contribution in [2.75, 3.05) is 13.7 Å². The van der Waals surface area contributed by atoms with Gasteiger partial charge in [0.15, 0.2) is 0 Å². The van der Waals surface area contributed by atoms with Gasteiger partial charge in [-0.1, -0.05) is 76.3 Å². The Morgan fingerprint density at radius 3 is 2.41 bits per heavy atom. The number of hydrogen-bond donors (Lipinski definition) is 2. The minimum atomic E-state index is -0.818. The number of esters is 1. The van der Waals surface area contributed by atoms with Crippen molar-refractivity contribution < 1.29 is 28.7 Å². The van der Waals surface area contributed by atoms with Crippen LogP contribution >= 0.6 is 0 Å². The molecule has 9 nitrogen and oxygen atoms in total. The molecule has 2 aliphatic rings. The molecule has 1 heterocycles. The van der Waals surface area contributed by atoms with Crippen molar-refractivity contribution in [2.24, 2.45) is 17.8 Å². The molecule has 204 valence electrons. The number of amides is 3. The number of carbonyl (C=O) groups is 4. The van der Waals surface area contributed by atoms with Crippen molar-refractivity contribution >= 4 is 23.9 Å². The Balaban J connectivity index is 1.64. The monoisotopic (exact) mass is 515 g/mol. The Bertz CT molecular complexity index is 916. The second-order valence-corrected chi connectivity index (χ2v) is 10.5. The molecule has 3 atom stereocenters. The molecule has 3 amide bonds. The Morgan fingerprint density at radius 2 is 1.76 bits per heavy atom. The number of hydrazine groups is 1. The lowest BCUT2D eigenvalue weighted by Gasteiger charge is -2.29. The molecule has 1 saturated heterocycles. The minimum absolute atomic E-state index is 0.0444. The van der Waals surface area contributed by atoms with Gasteiger partial charge in [-0.2, -0.15) is 0 Å². The van der Waals surface area contributed by atoms with Crippen molar-refractivity contribution in [3.05, 3.63) is 35.9 Å². The highest BCUT2D eigenvalue weighted by molar-refractivity contribution is 5.89. The van der Waals surface area contributed by atoms with E-state index in [1.165, 1.54) is 18.5 Å². The van der Waals surface area contributed by atoms with Crippen molar-refractivity contribution in [2.45, 2.75) is 83.8 Å². The molecule has 0 bridgehead atoms. The Morgan fingerprint density at radius 1 is 1.05 bits per heavy atom. The van der Waals surface area contributed by atoms with Gasteiger partial charge in [-0.05, 0) is 36.7 Å². The molecule has 0 spiro atoms. The molecular weight excluding hydrogens is 474 g/mol. The van der Waals surface area contributed by atoms with Crippen LogP contribution in [0.1, 0.15) is 83.3 Å². The van der Waals surface area contributed by atoms with E-state index in [0.717, 1.165) is 31.2 Å². The number of ether oxygens (including phenoxy) is 2. The third-order valence-corrected chi connectivity index (χ3v) is 7.36. The molecule has 9 heteroatoms. The summed E-state index contributed by atoms with van der Waals surface area (Å²) < 4.78 is 10.4. The molecule has 1 aromatic carbocycles. The summed E-state index contributed by atoms with van der Waals surface area (Å²) in [5.41, 5.74) is 3.61. The van der Waals surface area contributed by atoms with Crippen LogP contribution in [0, 0.1) is 17.8 Å². The van der Waals surface area contributed by atoms with Gasteiger partial charge in [0.1, 0.15) is 12.1 Å². The Kier molecular flexibility index (Phi) is 10.8. The van der Waals surface area contributed by atoms with Crippen LogP contribution in [0.25, 0.3) is 0 Å². The number of alkyl carbamates (subject to hydrolysis) is 1. The molecule has 3 rings (SSSR count). The summed E-state index contributed by atoms with van der Waals surface area (Å²) in [5.74, 6) is -0.983. The van der Waals surface area contributed by atoms with Gasteiger partial charge >= 0.3 is 12.1 Å². The van der Waals surface area contributed by atoms with Gasteiger partial charge in [0.2, 0.25) is 5.91 Å². The maximum absolute atomic E-state index is 13.3. The first-order valence-corrected chi connectivity index (χ1v) is 13.5. The third kappa shape index (κ3) is 8.47. The zero-order chi connectivity index (χ0) is 26.8. The van der Waals surface area contributed by atoms with Crippen LogP contribution < -0.4 is 10.7 Å². The van der Waals surface area contributed by atoms with Gasteiger partial charge < -0.3 is 14.8 Å². The van der Waals surface area contributed by atoms with Gasteiger partial charge in [-0.25, -0.2) is 4.79 Å². The molecule has 1 aliphatic heterocycles. The van der Waals surface area contributed by atoms with Crippen molar-refractivity contribution in [3.8, 4) is 0 Å². The molecule has 0 aromatic heterocycles. The summed E-state index contributed by atoms with van der Waals surface area (Å²) in [6.45, 7) is 4.32. The average Bonchev–Trinajstić information content (AvgIpc) is 3.24. The smallest absolute Gasteiger partial charge is 0.408 e. The third-order valence-electron chi connectivity index (χ3n) is 7.36. The fraction of sp³-hybridized carbons (Fsp3) is 0.643. The average molecular weight is 516 g/mol. The van der Waals surface area contributed by atoms with E-state index >= 15 is 0 Å². The first-order chi connectivity index (χ1) is 17.8. The lowest BCUT2D eigenvalue weighted by atomic mass is 9.84. The fourth-order valence-corrected chi connectivity index (χ4v) is 5.23. The first-order valence-electron chi connectivity index (χ1n) is 13.5.